The Morgan fingerprint density at radius 3 is 2.60 bits per heavy atom. The van der Waals surface area contributed by atoms with Crippen LogP contribution in [0.4, 0.5) is 5.13 Å². The highest BCUT2D eigenvalue weighted by Gasteiger charge is 2.10. The number of fused-ring (bicyclic) bond motifs is 1. The molecule has 4 aromatic rings. The highest BCUT2D eigenvalue weighted by Crippen LogP contribution is 2.28. The Balaban J connectivity index is 1.35. The number of ether oxygens (including phenoxy) is 1. The molecule has 1 heterocycles. The summed E-state index contributed by atoms with van der Waals surface area (Å²) < 4.78 is 5.61. The Labute approximate surface area is 180 Å². The predicted molar refractivity (Wildman–Crippen MR) is 124 cm³/mol. The van der Waals surface area contributed by atoms with Gasteiger partial charge in [-0.2, -0.15) is 0 Å². The highest BCUT2D eigenvalue weighted by atomic mass is 32.1. The van der Waals surface area contributed by atoms with Gasteiger partial charge in [0.15, 0.2) is 11.7 Å². The second kappa shape index (κ2) is 9.09. The van der Waals surface area contributed by atoms with Crippen molar-refractivity contribution in [1.29, 1.82) is 0 Å². The lowest BCUT2D eigenvalue weighted by Gasteiger charge is -2.10. The smallest absolute Gasteiger partial charge is 0.264 e. The second-order valence-electron chi connectivity index (χ2n) is 7.32. The van der Waals surface area contributed by atoms with E-state index in [-0.39, 0.29) is 12.5 Å². The van der Waals surface area contributed by atoms with Gasteiger partial charge in [0.25, 0.3) is 5.91 Å². The molecule has 0 spiro atoms. The van der Waals surface area contributed by atoms with Gasteiger partial charge < -0.3 is 4.74 Å². The van der Waals surface area contributed by atoms with Gasteiger partial charge in [-0.3, -0.25) is 10.1 Å². The highest BCUT2D eigenvalue weighted by molar-refractivity contribution is 7.14. The van der Waals surface area contributed by atoms with Crippen molar-refractivity contribution >= 4 is 33.1 Å². The van der Waals surface area contributed by atoms with Crippen molar-refractivity contribution in [3.05, 3.63) is 77.7 Å². The third-order valence-electron chi connectivity index (χ3n) is 5.23. The molecule has 0 saturated carbocycles. The zero-order valence-corrected chi connectivity index (χ0v) is 17.9. The first kappa shape index (κ1) is 20.1. The van der Waals surface area contributed by atoms with Gasteiger partial charge in [-0.15, -0.1) is 11.3 Å². The van der Waals surface area contributed by atoms with Crippen molar-refractivity contribution in [1.82, 2.24) is 4.98 Å². The monoisotopic (exact) mass is 416 g/mol. The number of hydrogen-bond donors (Lipinski definition) is 1. The van der Waals surface area contributed by atoms with Crippen molar-refractivity contribution in [2.45, 2.75) is 26.2 Å². The Morgan fingerprint density at radius 1 is 1.07 bits per heavy atom. The number of benzene rings is 3. The van der Waals surface area contributed by atoms with E-state index in [1.165, 1.54) is 27.7 Å². The molecule has 1 aromatic heterocycles. The SMILES string of the molecule is CC[C@@H](C)c1ccc(OCC(=O)Nc2nc(-c3ccc4ccccc4c3)cs2)cc1. The van der Waals surface area contributed by atoms with Gasteiger partial charge in [0.05, 0.1) is 5.69 Å². The van der Waals surface area contributed by atoms with Crippen molar-refractivity contribution in [2.24, 2.45) is 0 Å². The molecule has 3 aromatic carbocycles. The zero-order valence-electron chi connectivity index (χ0n) is 17.1. The molecule has 0 aliphatic carbocycles. The van der Waals surface area contributed by atoms with Crippen LogP contribution in [0.3, 0.4) is 0 Å². The molecule has 1 atom stereocenters. The van der Waals surface area contributed by atoms with Gasteiger partial charge in [0.2, 0.25) is 0 Å². The van der Waals surface area contributed by atoms with E-state index in [4.69, 9.17) is 4.74 Å². The standard InChI is InChI=1S/C25H24N2O2S/c1-3-17(2)18-10-12-22(13-11-18)29-15-24(28)27-25-26-23(16-30-25)21-9-8-19-6-4-5-7-20(19)14-21/h4-14,16-17H,3,15H2,1-2H3,(H,26,27,28)/t17-/m1/s1. The number of nitrogens with zero attached hydrogens (tertiary/aromatic N) is 1. The molecule has 152 valence electrons. The maximum atomic E-state index is 12.3. The average molecular weight is 417 g/mol. The third-order valence-corrected chi connectivity index (χ3v) is 5.98. The number of hydrogen-bond acceptors (Lipinski definition) is 4. The zero-order chi connectivity index (χ0) is 20.9. The van der Waals surface area contributed by atoms with Crippen molar-refractivity contribution in [2.75, 3.05) is 11.9 Å². The molecule has 4 rings (SSSR count). The van der Waals surface area contributed by atoms with Crippen LogP contribution in [-0.4, -0.2) is 17.5 Å². The van der Waals surface area contributed by atoms with Crippen molar-refractivity contribution < 1.29 is 9.53 Å². The molecule has 0 unspecified atom stereocenters. The van der Waals surface area contributed by atoms with Gasteiger partial charge in [-0.1, -0.05) is 62.4 Å². The fourth-order valence-corrected chi connectivity index (χ4v) is 3.98. The van der Waals surface area contributed by atoms with E-state index in [1.807, 2.05) is 29.6 Å². The molecule has 4 nitrogen and oxygen atoms in total. The summed E-state index contributed by atoms with van der Waals surface area (Å²) >= 11 is 1.41. The van der Waals surface area contributed by atoms with Gasteiger partial charge in [0.1, 0.15) is 5.75 Å². The number of aromatic nitrogens is 1. The molecule has 0 radical (unpaired) electrons. The van der Waals surface area contributed by atoms with Crippen LogP contribution in [-0.2, 0) is 4.79 Å². The molecular formula is C25H24N2O2S. The molecule has 0 saturated heterocycles. The number of amides is 1. The molecular weight excluding hydrogens is 392 g/mol. The summed E-state index contributed by atoms with van der Waals surface area (Å²) in [5.41, 5.74) is 3.16. The molecule has 0 aliphatic heterocycles. The molecule has 5 heteroatoms. The van der Waals surface area contributed by atoms with Crippen LogP contribution in [0.25, 0.3) is 22.0 Å². The van der Waals surface area contributed by atoms with E-state index in [9.17, 15) is 4.79 Å². The molecule has 0 fully saturated rings. The summed E-state index contributed by atoms with van der Waals surface area (Å²) in [6.07, 6.45) is 1.09. The first-order valence-electron chi connectivity index (χ1n) is 10.1. The number of anilines is 1. The van der Waals surface area contributed by atoms with Gasteiger partial charge in [0, 0.05) is 10.9 Å². The summed E-state index contributed by atoms with van der Waals surface area (Å²) in [6, 6.07) is 22.4. The number of rotatable bonds is 7. The molecule has 30 heavy (non-hydrogen) atoms. The second-order valence-corrected chi connectivity index (χ2v) is 8.17. The van der Waals surface area contributed by atoms with E-state index >= 15 is 0 Å². The first-order chi connectivity index (χ1) is 14.6. The number of nitrogens with one attached hydrogen (secondary N) is 1. The van der Waals surface area contributed by atoms with E-state index in [0.717, 1.165) is 17.7 Å². The minimum atomic E-state index is -0.222. The van der Waals surface area contributed by atoms with Crippen LogP contribution in [0.1, 0.15) is 31.7 Å². The lowest BCUT2D eigenvalue weighted by atomic mass is 9.99. The van der Waals surface area contributed by atoms with Gasteiger partial charge >= 0.3 is 0 Å². The summed E-state index contributed by atoms with van der Waals surface area (Å²) in [6.45, 7) is 4.32. The van der Waals surface area contributed by atoms with Crippen LogP contribution in [0.5, 0.6) is 5.75 Å². The van der Waals surface area contributed by atoms with Crippen LogP contribution < -0.4 is 10.1 Å². The normalized spacial score (nSPS) is 11.9. The topological polar surface area (TPSA) is 51.2 Å². The average Bonchev–Trinajstić information content (AvgIpc) is 3.25. The lowest BCUT2D eigenvalue weighted by molar-refractivity contribution is -0.118. The summed E-state index contributed by atoms with van der Waals surface area (Å²) in [5, 5.41) is 7.70. The molecule has 0 aliphatic rings. The maximum Gasteiger partial charge on any atom is 0.264 e. The summed E-state index contributed by atoms with van der Waals surface area (Å²) in [7, 11) is 0. The summed E-state index contributed by atoms with van der Waals surface area (Å²) in [4.78, 5) is 16.8. The third kappa shape index (κ3) is 4.69. The molecule has 0 bridgehead atoms. The molecule has 1 amide bonds. The van der Waals surface area contributed by atoms with Gasteiger partial charge in [-0.05, 0) is 46.9 Å². The fraction of sp³-hybridized carbons (Fsp3) is 0.200. The Kier molecular flexibility index (Phi) is 6.10. The summed E-state index contributed by atoms with van der Waals surface area (Å²) in [5.74, 6) is 0.984. The van der Waals surface area contributed by atoms with Crippen molar-refractivity contribution in [3.63, 3.8) is 0 Å². The largest absolute Gasteiger partial charge is 0.484 e. The Bertz CT molecular complexity index is 1150. The Morgan fingerprint density at radius 2 is 1.83 bits per heavy atom. The quantitative estimate of drug-likeness (QED) is 0.374. The number of thiazole rings is 1. The Hall–Kier alpha value is -3.18. The van der Waals surface area contributed by atoms with Crippen LogP contribution in [0.2, 0.25) is 0 Å². The van der Waals surface area contributed by atoms with Gasteiger partial charge in [-0.25, -0.2) is 4.98 Å². The van der Waals surface area contributed by atoms with Crippen LogP contribution in [0, 0.1) is 0 Å². The fourth-order valence-electron chi connectivity index (χ4n) is 3.24. The van der Waals surface area contributed by atoms with E-state index < -0.39 is 0 Å². The molecule has 1 N–H and O–H groups in total. The van der Waals surface area contributed by atoms with Crippen molar-refractivity contribution in [3.8, 4) is 17.0 Å². The van der Waals surface area contributed by atoms with E-state index in [2.05, 4.69) is 66.6 Å². The van der Waals surface area contributed by atoms with E-state index in [0.29, 0.717) is 16.8 Å². The van der Waals surface area contributed by atoms with E-state index in [1.54, 1.807) is 0 Å². The number of carbonyl (C=O) groups excluding carboxylic acids is 1. The lowest BCUT2D eigenvalue weighted by Crippen LogP contribution is -2.20. The van der Waals surface area contributed by atoms with Crippen LogP contribution in [0.15, 0.2) is 72.1 Å². The predicted octanol–water partition coefficient (Wildman–Crippen LogP) is 6.49. The van der Waals surface area contributed by atoms with Crippen LogP contribution >= 0.6 is 11.3 Å². The minimum absolute atomic E-state index is 0.0480. The maximum absolute atomic E-state index is 12.3. The first-order valence-corrected chi connectivity index (χ1v) is 11.0. The number of carbonyl (C=O) groups is 1. The minimum Gasteiger partial charge on any atom is -0.484 e.